The highest BCUT2D eigenvalue weighted by atomic mass is 127. The van der Waals surface area contributed by atoms with Crippen LogP contribution in [0.1, 0.15) is 67.2 Å². The van der Waals surface area contributed by atoms with Gasteiger partial charge < -0.3 is 9.05 Å². The van der Waals surface area contributed by atoms with Crippen LogP contribution in [0.25, 0.3) is 0 Å². The first-order valence-electron chi connectivity index (χ1n) is 38.5. The second-order valence-corrected chi connectivity index (χ2v) is 47.0. The molecule has 1 aliphatic rings. The minimum atomic E-state index is -3.47. The Balaban J connectivity index is 0.000000163. The summed E-state index contributed by atoms with van der Waals surface area (Å²) in [5, 5.41) is 20.9. The van der Waals surface area contributed by atoms with Crippen molar-refractivity contribution < 1.29 is 34.2 Å². The highest BCUT2D eigenvalue weighted by molar-refractivity contribution is 14.1. The fourth-order valence-corrected chi connectivity index (χ4v) is 31.6. The molecule has 0 bridgehead atoms. The van der Waals surface area contributed by atoms with Crippen molar-refractivity contribution in [1.82, 2.24) is 0 Å². The third kappa shape index (κ3) is 30.2. The van der Waals surface area contributed by atoms with E-state index in [1.807, 2.05) is 32.0 Å². The summed E-state index contributed by atoms with van der Waals surface area (Å²) in [6.45, 7) is 13.5. The van der Waals surface area contributed by atoms with Gasteiger partial charge in [0.2, 0.25) is 8.38 Å². The maximum atomic E-state index is 10.8. The molecule has 1 fully saturated rings. The molecule has 0 aliphatic carbocycles. The van der Waals surface area contributed by atoms with E-state index in [2.05, 4.69) is 432 Å². The molecule has 1 aliphatic heterocycles. The van der Waals surface area contributed by atoms with Gasteiger partial charge in [0.25, 0.3) is 20.2 Å². The van der Waals surface area contributed by atoms with Crippen LogP contribution >= 0.6 is 112 Å². The molecule has 0 radical (unpaired) electrons. The van der Waals surface area contributed by atoms with Gasteiger partial charge in [-0.05, 0) is 233 Å². The lowest BCUT2D eigenvalue weighted by atomic mass is 10.1. The number of hydrogen-bond donors (Lipinski definition) is 0. The summed E-state index contributed by atoms with van der Waals surface area (Å²) in [7, 11) is -7.38. The van der Waals surface area contributed by atoms with E-state index in [1.165, 1.54) is 94.3 Å². The van der Waals surface area contributed by atoms with Crippen molar-refractivity contribution in [3.63, 3.8) is 0 Å². The first-order valence-corrected chi connectivity index (χ1v) is 53.4. The van der Waals surface area contributed by atoms with Crippen LogP contribution in [0.15, 0.2) is 373 Å². The SMILES string of the molecule is Brc1ccccc1I.Brc1ccccc1P(c1ccccc1)c1ccccc1.CCOP(OCC)c1ccccc1P(c1ccccc1)c1ccccc1.C[C@H](CC[C@@H](C)OS(C)(=O)=O)OS(C)(=O)=O.C[C@H]1CC[C@H](C)P1c1ccccc1P(c1ccccc1)c1ccccc1.Pc1ccccc1P(c1ccccc1)c1ccccc1. The fourth-order valence-electron chi connectivity index (χ4n) is 13.0. The van der Waals surface area contributed by atoms with Gasteiger partial charge in [-0.3, -0.25) is 8.37 Å². The standard InChI is InChI=1S/C24H26P2.C22H24O2P2.C18H14BrP.C18H16P2.C8H18O6S2.C6H4BrI/c1-19-17-18-20(2)25(19)23-15-9-10-16-24(23)26(21-11-5-3-6-12-21)22-13-7-4-8-14-22;1-3-23-26(24-4-2)22-18-12-11-17-21(22)25(19-13-7-5-8-14-19)20-15-9-6-10-16-20;2*19-17-13-7-8-14-18(17)20(15-9-3-1-4-10-15)16-11-5-2-6-12-16;1-7(13-15(3,9)10)5-6-8(2)14-16(4,11)12;7-5-3-1-2-4-6(5)8/h3-16,19-20H,17-18H2,1-2H3;5-18H,3-4H2,1-2H3;1-14H;1-14H,19H2;7-8H,5-6H2,1-4H3;1-4H/t19-,20-;;;;7-,8-;/m0...1./s1. The topological polar surface area (TPSA) is 105 Å². The van der Waals surface area contributed by atoms with Gasteiger partial charge in [-0.2, -0.15) is 16.8 Å². The van der Waals surface area contributed by atoms with Gasteiger partial charge in [0, 0.05) is 17.8 Å². The maximum absolute atomic E-state index is 10.8. The van der Waals surface area contributed by atoms with Gasteiger partial charge in [0.05, 0.1) is 37.9 Å². The number of benzene rings is 13. The molecule has 20 heteroatoms. The van der Waals surface area contributed by atoms with Crippen LogP contribution in [-0.2, 0) is 37.6 Å². The van der Waals surface area contributed by atoms with Crippen LogP contribution < -0.4 is 79.6 Å². The molecule has 13 aromatic rings. The molecule has 0 spiro atoms. The number of rotatable bonds is 25. The quantitative estimate of drug-likeness (QED) is 0.0317. The monoisotopic (exact) mass is 1950 g/mol. The predicted molar refractivity (Wildman–Crippen MR) is 529 cm³/mol. The summed E-state index contributed by atoms with van der Waals surface area (Å²) < 4.78 is 68.0. The Morgan fingerprint density at radius 2 is 0.621 bits per heavy atom. The Labute approximate surface area is 731 Å². The van der Waals surface area contributed by atoms with Gasteiger partial charge >= 0.3 is 0 Å². The van der Waals surface area contributed by atoms with Crippen molar-refractivity contribution in [3.8, 4) is 0 Å². The summed E-state index contributed by atoms with van der Waals surface area (Å²) in [4.78, 5) is 0. The summed E-state index contributed by atoms with van der Waals surface area (Å²) in [5.74, 6) is 0. The van der Waals surface area contributed by atoms with Crippen molar-refractivity contribution in [2.75, 3.05) is 25.7 Å². The molecule has 0 amide bonds. The van der Waals surface area contributed by atoms with E-state index in [0.717, 1.165) is 23.8 Å². The maximum Gasteiger partial charge on any atom is 0.264 e. The van der Waals surface area contributed by atoms with E-state index in [1.54, 1.807) is 24.5 Å². The number of halogens is 3. The van der Waals surface area contributed by atoms with Gasteiger partial charge in [0.15, 0.2) is 0 Å². The Morgan fingerprint density at radius 3 is 0.931 bits per heavy atom. The average Bonchev–Trinajstić information content (AvgIpc) is 1.39. The molecule has 5 atom stereocenters. The second kappa shape index (κ2) is 49.9. The Bertz CT molecular complexity index is 4890. The lowest BCUT2D eigenvalue weighted by Crippen LogP contribution is -2.32. The van der Waals surface area contributed by atoms with Gasteiger partial charge in [-0.15, -0.1) is 9.24 Å². The van der Waals surface area contributed by atoms with Crippen LogP contribution in [-0.4, -0.2) is 66.1 Å². The van der Waals surface area contributed by atoms with Crippen LogP contribution in [0, 0.1) is 3.57 Å². The van der Waals surface area contributed by atoms with E-state index < -0.39 is 72.5 Å². The third-order valence-electron chi connectivity index (χ3n) is 18.0. The van der Waals surface area contributed by atoms with E-state index in [9.17, 15) is 16.8 Å². The minimum absolute atomic E-state index is 0.0804. The van der Waals surface area contributed by atoms with Crippen LogP contribution in [0.4, 0.5) is 0 Å². The molecule has 8 nitrogen and oxygen atoms in total. The zero-order chi connectivity index (χ0) is 82.7. The van der Waals surface area contributed by atoms with E-state index >= 15 is 0 Å². The molecule has 1 saturated heterocycles. The molecule has 0 saturated carbocycles. The van der Waals surface area contributed by atoms with E-state index in [0.29, 0.717) is 26.1 Å². The van der Waals surface area contributed by atoms with Gasteiger partial charge in [-0.1, -0.05) is 377 Å². The van der Waals surface area contributed by atoms with Crippen molar-refractivity contribution in [3.05, 3.63) is 376 Å². The van der Waals surface area contributed by atoms with Crippen LogP contribution in [0.2, 0.25) is 0 Å². The van der Waals surface area contributed by atoms with Crippen molar-refractivity contribution in [2.45, 2.75) is 90.8 Å². The van der Waals surface area contributed by atoms with Crippen molar-refractivity contribution >= 4 is 211 Å². The Hall–Kier alpha value is -5.70. The molecule has 0 aromatic heterocycles. The third-order valence-corrected chi connectivity index (χ3v) is 39.0. The van der Waals surface area contributed by atoms with Crippen molar-refractivity contribution in [1.29, 1.82) is 0 Å². The molecule has 602 valence electrons. The Kier molecular flexibility index (Phi) is 40.5. The molecular weight excluding hydrogens is 1850 g/mol. The molecular formula is C96H102Br2IO8P7S2. The number of hydrogen-bond acceptors (Lipinski definition) is 8. The van der Waals surface area contributed by atoms with Gasteiger partial charge in [-0.25, -0.2) is 0 Å². The Morgan fingerprint density at radius 1 is 0.362 bits per heavy atom. The molecule has 0 N–H and O–H groups in total. The minimum Gasteiger partial charge on any atom is -0.331 e. The zero-order valence-corrected chi connectivity index (χ0v) is 80.2. The van der Waals surface area contributed by atoms with Gasteiger partial charge in [0.1, 0.15) is 0 Å². The molecule has 1 heterocycles. The largest absolute Gasteiger partial charge is 0.331 e. The average molecular weight is 1950 g/mol. The van der Waals surface area contributed by atoms with E-state index in [-0.39, 0.29) is 7.92 Å². The molecule has 116 heavy (non-hydrogen) atoms. The highest BCUT2D eigenvalue weighted by Gasteiger charge is 2.34. The smallest absolute Gasteiger partial charge is 0.264 e. The normalized spacial score (nSPS) is 13.8. The first-order chi connectivity index (χ1) is 56.1. The highest BCUT2D eigenvalue weighted by Crippen LogP contribution is 2.55. The predicted octanol–water partition coefficient (Wildman–Crippen LogP) is 20.3. The zero-order valence-electron chi connectivity index (χ0n) is 66.7. The second-order valence-electron chi connectivity index (χ2n) is 27.0. The summed E-state index contributed by atoms with van der Waals surface area (Å²) in [6.07, 6.45) is 4.56. The van der Waals surface area contributed by atoms with Crippen LogP contribution in [0.3, 0.4) is 0 Å². The van der Waals surface area contributed by atoms with Crippen molar-refractivity contribution in [2.24, 2.45) is 0 Å². The lowest BCUT2D eigenvalue weighted by Gasteiger charge is -2.28. The molecule has 13 aromatic carbocycles. The van der Waals surface area contributed by atoms with E-state index in [4.69, 9.17) is 9.05 Å². The van der Waals surface area contributed by atoms with Crippen LogP contribution in [0.5, 0.6) is 0 Å². The summed E-state index contributed by atoms with van der Waals surface area (Å²) in [5.41, 5.74) is 1.68. The lowest BCUT2D eigenvalue weighted by molar-refractivity contribution is 0.170. The summed E-state index contributed by atoms with van der Waals surface area (Å²) in [6, 6.07) is 130. The fraction of sp³-hybridized carbons (Fsp3) is 0.188. The molecule has 14 rings (SSSR count). The first kappa shape index (κ1) is 94.2. The summed E-state index contributed by atoms with van der Waals surface area (Å²) >= 11 is 9.37. The molecule has 1 unspecified atom stereocenters.